The van der Waals surface area contributed by atoms with Gasteiger partial charge >= 0.3 is 0 Å². The van der Waals surface area contributed by atoms with Crippen LogP contribution in [0.25, 0.3) is 0 Å². The van der Waals surface area contributed by atoms with Crippen molar-refractivity contribution in [2.24, 2.45) is 0 Å². The van der Waals surface area contributed by atoms with Crippen molar-refractivity contribution in [1.29, 1.82) is 0 Å². The molecule has 1 aliphatic rings. The van der Waals surface area contributed by atoms with Crippen LogP contribution in [0.2, 0.25) is 0 Å². The molecule has 2 aromatic carbocycles. The third-order valence-corrected chi connectivity index (χ3v) is 4.94. The van der Waals surface area contributed by atoms with Crippen molar-refractivity contribution in [2.45, 2.75) is 32.2 Å². The van der Waals surface area contributed by atoms with Gasteiger partial charge in [-0.1, -0.05) is 0 Å². The molecule has 0 saturated carbocycles. The van der Waals surface area contributed by atoms with Gasteiger partial charge in [-0.05, 0) is 54.8 Å². The van der Waals surface area contributed by atoms with E-state index in [-0.39, 0.29) is 12.3 Å². The second kappa shape index (κ2) is 6.32. The maximum atomic E-state index is 15.3. The Balaban J connectivity index is 2.09. The number of aldehydes is 1. The Morgan fingerprint density at radius 2 is 2.00 bits per heavy atom. The SMILES string of the molecule is COc1ccc(C(F)N2Cc3cc(N)cc(C)c3C2(C)C=O)c(F)c1F. The molecule has 0 amide bonds. The highest BCUT2D eigenvalue weighted by molar-refractivity contribution is 5.72. The number of hydrogen-bond acceptors (Lipinski definition) is 4. The summed E-state index contributed by atoms with van der Waals surface area (Å²) in [7, 11) is 1.19. The number of nitrogens with two attached hydrogens (primary N) is 1. The van der Waals surface area contributed by atoms with Crippen LogP contribution in [-0.4, -0.2) is 18.3 Å². The molecule has 0 fully saturated rings. The van der Waals surface area contributed by atoms with Gasteiger partial charge in [0, 0.05) is 17.8 Å². The number of aryl methyl sites for hydroxylation is 1. The molecule has 7 heteroatoms. The molecule has 1 aliphatic heterocycles. The molecule has 4 nitrogen and oxygen atoms in total. The second-order valence-electron chi connectivity index (χ2n) is 6.59. The lowest BCUT2D eigenvalue weighted by Gasteiger charge is -2.34. The fourth-order valence-corrected chi connectivity index (χ4v) is 3.73. The Labute approximate surface area is 149 Å². The number of benzene rings is 2. The molecule has 0 radical (unpaired) electrons. The van der Waals surface area contributed by atoms with Gasteiger partial charge in [0.1, 0.15) is 11.8 Å². The van der Waals surface area contributed by atoms with E-state index in [0.717, 1.165) is 17.7 Å². The number of methoxy groups -OCH3 is 1. The van der Waals surface area contributed by atoms with Gasteiger partial charge in [-0.2, -0.15) is 4.39 Å². The van der Waals surface area contributed by atoms with Crippen LogP contribution in [0.4, 0.5) is 18.9 Å². The zero-order valence-corrected chi connectivity index (χ0v) is 14.6. The second-order valence-corrected chi connectivity index (χ2v) is 6.59. The fraction of sp³-hybridized carbons (Fsp3) is 0.316. The number of carbonyl (C=O) groups excluding carboxylic acids is 1. The lowest BCUT2D eigenvalue weighted by Crippen LogP contribution is -2.41. The first kappa shape index (κ1) is 18.3. The monoisotopic (exact) mass is 364 g/mol. The summed E-state index contributed by atoms with van der Waals surface area (Å²) in [5, 5.41) is 0. The molecular weight excluding hydrogens is 345 g/mol. The predicted octanol–water partition coefficient (Wildman–Crippen LogP) is 3.76. The highest BCUT2D eigenvalue weighted by Gasteiger charge is 2.47. The van der Waals surface area contributed by atoms with E-state index in [2.05, 4.69) is 0 Å². The number of carbonyl (C=O) groups is 1. The largest absolute Gasteiger partial charge is 0.494 e. The Kier molecular flexibility index (Phi) is 4.44. The van der Waals surface area contributed by atoms with Crippen molar-refractivity contribution < 1.29 is 22.7 Å². The zero-order chi connectivity index (χ0) is 19.2. The number of anilines is 1. The standard InChI is InChI=1S/C19H19F3N2O2/c1-10-6-12(23)7-11-8-24(19(2,9-25)15(10)11)18(22)13-4-5-14(26-3)17(21)16(13)20/h4-7,9,18H,8,23H2,1-3H3. The van der Waals surface area contributed by atoms with Crippen LogP contribution in [-0.2, 0) is 16.9 Å². The maximum absolute atomic E-state index is 15.3. The molecule has 0 aliphatic carbocycles. The van der Waals surface area contributed by atoms with Crippen LogP contribution in [0.15, 0.2) is 24.3 Å². The first-order valence-corrected chi connectivity index (χ1v) is 8.03. The highest BCUT2D eigenvalue weighted by atomic mass is 19.2. The van der Waals surface area contributed by atoms with Crippen molar-refractivity contribution in [3.05, 3.63) is 58.2 Å². The maximum Gasteiger partial charge on any atom is 0.201 e. The van der Waals surface area contributed by atoms with Gasteiger partial charge in [-0.15, -0.1) is 0 Å². The fourth-order valence-electron chi connectivity index (χ4n) is 3.73. The Hall–Kier alpha value is -2.54. The molecule has 26 heavy (non-hydrogen) atoms. The molecule has 0 saturated heterocycles. The Bertz CT molecular complexity index is 888. The zero-order valence-electron chi connectivity index (χ0n) is 14.6. The minimum Gasteiger partial charge on any atom is -0.494 e. The van der Waals surface area contributed by atoms with E-state index in [1.54, 1.807) is 26.0 Å². The van der Waals surface area contributed by atoms with Crippen molar-refractivity contribution in [3.63, 3.8) is 0 Å². The van der Waals surface area contributed by atoms with Gasteiger partial charge < -0.3 is 15.3 Å². The molecule has 3 rings (SSSR count). The summed E-state index contributed by atoms with van der Waals surface area (Å²) in [6.07, 6.45) is -1.41. The third-order valence-electron chi connectivity index (χ3n) is 4.94. The smallest absolute Gasteiger partial charge is 0.201 e. The summed E-state index contributed by atoms with van der Waals surface area (Å²) in [6.45, 7) is 3.38. The van der Waals surface area contributed by atoms with Gasteiger partial charge in [0.05, 0.1) is 7.11 Å². The summed E-state index contributed by atoms with van der Waals surface area (Å²) in [4.78, 5) is 13.1. The molecule has 2 atom stereocenters. The molecule has 2 N–H and O–H groups in total. The minimum atomic E-state index is -2.03. The Morgan fingerprint density at radius 3 is 2.62 bits per heavy atom. The molecular formula is C19H19F3N2O2. The number of nitrogen functional groups attached to an aromatic ring is 1. The summed E-state index contributed by atoms with van der Waals surface area (Å²) in [5.74, 6) is -2.92. The number of rotatable bonds is 4. The highest BCUT2D eigenvalue weighted by Crippen LogP contribution is 2.46. The number of nitrogens with zero attached hydrogens (tertiary/aromatic N) is 1. The molecule has 0 bridgehead atoms. The lowest BCUT2D eigenvalue weighted by molar-refractivity contribution is -0.122. The topological polar surface area (TPSA) is 55.6 Å². The first-order valence-electron chi connectivity index (χ1n) is 8.03. The number of ether oxygens (including phenoxy) is 1. The van der Waals surface area contributed by atoms with Crippen LogP contribution >= 0.6 is 0 Å². The summed E-state index contributed by atoms with van der Waals surface area (Å²) < 4.78 is 48.3. The van der Waals surface area contributed by atoms with Crippen LogP contribution in [0.1, 0.15) is 35.5 Å². The molecule has 0 spiro atoms. The van der Waals surface area contributed by atoms with Gasteiger partial charge in [-0.25, -0.2) is 13.7 Å². The van der Waals surface area contributed by atoms with Crippen LogP contribution in [0.3, 0.4) is 0 Å². The molecule has 2 unspecified atom stereocenters. The number of fused-ring (bicyclic) bond motifs is 1. The molecule has 0 aromatic heterocycles. The van der Waals surface area contributed by atoms with E-state index in [1.165, 1.54) is 12.0 Å². The van der Waals surface area contributed by atoms with Gasteiger partial charge in [0.2, 0.25) is 5.82 Å². The van der Waals surface area contributed by atoms with E-state index in [1.807, 2.05) is 0 Å². The van der Waals surface area contributed by atoms with Crippen molar-refractivity contribution in [2.75, 3.05) is 12.8 Å². The van der Waals surface area contributed by atoms with E-state index in [9.17, 15) is 13.6 Å². The van der Waals surface area contributed by atoms with E-state index in [0.29, 0.717) is 23.1 Å². The van der Waals surface area contributed by atoms with E-state index < -0.39 is 29.0 Å². The molecule has 138 valence electrons. The third kappa shape index (κ3) is 2.54. The quantitative estimate of drug-likeness (QED) is 0.510. The number of hydrogen-bond donors (Lipinski definition) is 1. The van der Waals surface area contributed by atoms with Crippen LogP contribution < -0.4 is 10.5 Å². The van der Waals surface area contributed by atoms with Crippen molar-refractivity contribution in [3.8, 4) is 5.75 Å². The average molecular weight is 364 g/mol. The lowest BCUT2D eigenvalue weighted by atomic mass is 9.88. The molecule has 1 heterocycles. The minimum absolute atomic E-state index is 0.0463. The summed E-state index contributed by atoms with van der Waals surface area (Å²) in [5.41, 5.74) is 6.59. The summed E-state index contributed by atoms with van der Waals surface area (Å²) in [6, 6.07) is 5.65. The van der Waals surface area contributed by atoms with Crippen molar-refractivity contribution >= 4 is 12.0 Å². The average Bonchev–Trinajstić information content (AvgIpc) is 2.90. The van der Waals surface area contributed by atoms with Gasteiger partial charge in [-0.3, -0.25) is 0 Å². The first-order chi connectivity index (χ1) is 12.2. The number of halogens is 3. The van der Waals surface area contributed by atoms with Gasteiger partial charge in [0.25, 0.3) is 0 Å². The Morgan fingerprint density at radius 1 is 1.31 bits per heavy atom. The predicted molar refractivity (Wildman–Crippen MR) is 91.3 cm³/mol. The number of alkyl halides is 1. The van der Waals surface area contributed by atoms with E-state index >= 15 is 4.39 Å². The van der Waals surface area contributed by atoms with Gasteiger partial charge in [0.15, 0.2) is 17.9 Å². The van der Waals surface area contributed by atoms with E-state index in [4.69, 9.17) is 10.5 Å². The van der Waals surface area contributed by atoms with Crippen molar-refractivity contribution in [1.82, 2.24) is 4.90 Å². The summed E-state index contributed by atoms with van der Waals surface area (Å²) >= 11 is 0. The van der Waals surface area contributed by atoms with Crippen LogP contribution in [0.5, 0.6) is 5.75 Å². The normalized spacial score (nSPS) is 20.7. The molecule has 2 aromatic rings. The van der Waals surface area contributed by atoms with Crippen LogP contribution in [0, 0.1) is 18.6 Å².